The van der Waals surface area contributed by atoms with Crippen molar-refractivity contribution >= 4 is 17.3 Å². The summed E-state index contributed by atoms with van der Waals surface area (Å²) in [7, 11) is 0. The molecule has 1 aromatic rings. The molecule has 0 unspecified atom stereocenters. The Bertz CT molecular complexity index is 336. The van der Waals surface area contributed by atoms with Gasteiger partial charge in [0, 0.05) is 6.07 Å². The van der Waals surface area contributed by atoms with E-state index in [1.807, 2.05) is 0 Å². The first kappa shape index (κ1) is 6.97. The summed E-state index contributed by atoms with van der Waals surface area (Å²) in [6.45, 7) is 0.0381. The number of hydrogen-bond acceptors (Lipinski definition) is 2. The average Bonchev–Trinajstić information content (AvgIpc) is 2.05. The fourth-order valence-electron chi connectivity index (χ4n) is 1.07. The van der Waals surface area contributed by atoms with Crippen molar-refractivity contribution in [2.45, 2.75) is 0 Å². The van der Waals surface area contributed by atoms with Gasteiger partial charge in [0.25, 0.3) is 5.91 Å². The molecule has 1 amide bonds. The number of benzene rings is 1. The quantitative estimate of drug-likeness (QED) is 0.618. The number of nitrogens with one attached hydrogen (secondary N) is 2. The van der Waals surface area contributed by atoms with Crippen LogP contribution in [0.4, 0.5) is 11.4 Å². The van der Waals surface area contributed by atoms with Crippen molar-refractivity contribution in [1.29, 1.82) is 0 Å². The number of hydrogen-bond donors (Lipinski definition) is 1. The van der Waals surface area contributed by atoms with Crippen molar-refractivity contribution < 1.29 is 9.53 Å². The summed E-state index contributed by atoms with van der Waals surface area (Å²) in [5, 5.41) is 2.64. The predicted molar refractivity (Wildman–Crippen MR) is 43.3 cm³/mol. The lowest BCUT2D eigenvalue weighted by Gasteiger charge is -2.17. The molecule has 0 aliphatic carbocycles. The highest BCUT2D eigenvalue weighted by atomic mass is 16.5. The molecular formula is C8H7N2O2. The standard InChI is InChI=1S/C8H7N2O2/c9-5-1-2-6-7(3-5)12-4-8(11)10-6/h1-3,9H,4H2,(H,10,11). The molecule has 1 aliphatic heterocycles. The van der Waals surface area contributed by atoms with Crippen LogP contribution in [-0.2, 0) is 4.79 Å². The molecule has 0 saturated carbocycles. The van der Waals surface area contributed by atoms with Gasteiger partial charge in [-0.3, -0.25) is 4.79 Å². The van der Waals surface area contributed by atoms with E-state index < -0.39 is 0 Å². The van der Waals surface area contributed by atoms with Crippen molar-refractivity contribution in [3.05, 3.63) is 18.2 Å². The molecule has 1 aromatic carbocycles. The highest BCUT2D eigenvalue weighted by Gasteiger charge is 2.14. The van der Waals surface area contributed by atoms with Crippen molar-refractivity contribution in [3.8, 4) is 5.75 Å². The minimum Gasteiger partial charge on any atom is -0.482 e. The zero-order chi connectivity index (χ0) is 8.55. The molecule has 4 nitrogen and oxygen atoms in total. The minimum absolute atomic E-state index is 0.0381. The summed E-state index contributed by atoms with van der Waals surface area (Å²) < 4.78 is 5.08. The molecule has 4 heteroatoms. The van der Waals surface area contributed by atoms with Gasteiger partial charge < -0.3 is 15.8 Å². The Morgan fingerprint density at radius 2 is 2.33 bits per heavy atom. The first-order valence-corrected chi connectivity index (χ1v) is 3.54. The number of fused-ring (bicyclic) bond motifs is 1. The third-order valence-electron chi connectivity index (χ3n) is 1.61. The molecule has 0 atom stereocenters. The molecule has 0 saturated heterocycles. The van der Waals surface area contributed by atoms with Crippen molar-refractivity contribution in [2.75, 3.05) is 11.9 Å². The second-order valence-electron chi connectivity index (χ2n) is 2.55. The maximum absolute atomic E-state index is 10.8. The van der Waals surface area contributed by atoms with Crippen LogP contribution in [0.5, 0.6) is 5.75 Å². The Kier molecular flexibility index (Phi) is 1.40. The van der Waals surface area contributed by atoms with Crippen molar-refractivity contribution in [2.24, 2.45) is 0 Å². The lowest BCUT2D eigenvalue weighted by molar-refractivity contribution is -0.118. The van der Waals surface area contributed by atoms with Crippen LogP contribution in [0.2, 0.25) is 0 Å². The summed E-state index contributed by atoms with van der Waals surface area (Å²) in [6.07, 6.45) is 0. The first-order chi connectivity index (χ1) is 5.75. The Hall–Kier alpha value is -1.71. The van der Waals surface area contributed by atoms with Gasteiger partial charge in [-0.1, -0.05) is 0 Å². The highest BCUT2D eigenvalue weighted by Crippen LogP contribution is 2.29. The lowest BCUT2D eigenvalue weighted by Crippen LogP contribution is -2.25. The molecule has 2 N–H and O–H groups in total. The minimum atomic E-state index is -0.153. The first-order valence-electron chi connectivity index (χ1n) is 3.54. The van der Waals surface area contributed by atoms with E-state index in [2.05, 4.69) is 5.32 Å². The smallest absolute Gasteiger partial charge is 0.262 e. The molecule has 61 valence electrons. The molecule has 12 heavy (non-hydrogen) atoms. The molecule has 0 fully saturated rings. The zero-order valence-electron chi connectivity index (χ0n) is 6.26. The molecular weight excluding hydrogens is 156 g/mol. The van der Waals surface area contributed by atoms with E-state index in [-0.39, 0.29) is 12.5 Å². The molecule has 1 aliphatic rings. The van der Waals surface area contributed by atoms with Crippen LogP contribution < -0.4 is 15.8 Å². The summed E-state index contributed by atoms with van der Waals surface area (Å²) >= 11 is 0. The van der Waals surface area contributed by atoms with Gasteiger partial charge >= 0.3 is 0 Å². The van der Waals surface area contributed by atoms with Gasteiger partial charge in [-0.05, 0) is 12.1 Å². The van der Waals surface area contributed by atoms with Crippen LogP contribution >= 0.6 is 0 Å². The van der Waals surface area contributed by atoms with Gasteiger partial charge in [-0.2, -0.15) is 0 Å². The van der Waals surface area contributed by atoms with Crippen molar-refractivity contribution in [3.63, 3.8) is 0 Å². The molecule has 0 bridgehead atoms. The Morgan fingerprint density at radius 3 is 3.17 bits per heavy atom. The fraction of sp³-hybridized carbons (Fsp3) is 0.125. The fourth-order valence-corrected chi connectivity index (χ4v) is 1.07. The van der Waals surface area contributed by atoms with Gasteiger partial charge in [0.05, 0.1) is 11.4 Å². The van der Waals surface area contributed by atoms with Crippen LogP contribution in [0, 0.1) is 0 Å². The van der Waals surface area contributed by atoms with Crippen LogP contribution in [0.25, 0.3) is 0 Å². The van der Waals surface area contributed by atoms with Crippen LogP contribution in [0.15, 0.2) is 18.2 Å². The second kappa shape index (κ2) is 2.41. The largest absolute Gasteiger partial charge is 0.482 e. The van der Waals surface area contributed by atoms with Crippen LogP contribution in [0.1, 0.15) is 0 Å². The van der Waals surface area contributed by atoms with E-state index in [0.717, 1.165) is 0 Å². The van der Waals surface area contributed by atoms with Crippen LogP contribution in [0.3, 0.4) is 0 Å². The lowest BCUT2D eigenvalue weighted by atomic mass is 10.2. The molecule has 0 spiro atoms. The van der Waals surface area contributed by atoms with E-state index in [1.165, 1.54) is 0 Å². The Labute approximate surface area is 69.3 Å². The zero-order valence-corrected chi connectivity index (χ0v) is 6.26. The number of carbonyl (C=O) groups excluding carboxylic acids is 1. The van der Waals surface area contributed by atoms with E-state index >= 15 is 0 Å². The SMILES string of the molecule is [NH]c1ccc2c(c1)OCC(=O)N2. The maximum atomic E-state index is 10.8. The number of amides is 1. The van der Waals surface area contributed by atoms with Gasteiger partial charge in [-0.15, -0.1) is 0 Å². The number of carbonyl (C=O) groups is 1. The van der Waals surface area contributed by atoms with Gasteiger partial charge in [-0.25, -0.2) is 0 Å². The number of ether oxygens (including phenoxy) is 1. The summed E-state index contributed by atoms with van der Waals surface area (Å²) in [5.41, 5.74) is 8.31. The molecule has 2 rings (SSSR count). The number of rotatable bonds is 0. The third-order valence-corrected chi connectivity index (χ3v) is 1.61. The summed E-state index contributed by atoms with van der Waals surface area (Å²) in [5.74, 6) is 0.419. The molecule has 0 aromatic heterocycles. The van der Waals surface area contributed by atoms with E-state index in [0.29, 0.717) is 17.1 Å². The monoisotopic (exact) mass is 163 g/mol. The Balaban J connectivity index is 2.43. The summed E-state index contributed by atoms with van der Waals surface area (Å²) in [4.78, 5) is 10.8. The van der Waals surface area contributed by atoms with Crippen LogP contribution in [-0.4, -0.2) is 12.5 Å². The molecule has 1 heterocycles. The maximum Gasteiger partial charge on any atom is 0.262 e. The average molecular weight is 163 g/mol. The highest BCUT2D eigenvalue weighted by molar-refractivity contribution is 5.95. The van der Waals surface area contributed by atoms with Crippen molar-refractivity contribution in [1.82, 2.24) is 5.73 Å². The van der Waals surface area contributed by atoms with E-state index in [1.54, 1.807) is 18.2 Å². The second-order valence-corrected chi connectivity index (χ2v) is 2.55. The van der Waals surface area contributed by atoms with Gasteiger partial charge in [0.1, 0.15) is 5.75 Å². The van der Waals surface area contributed by atoms with Gasteiger partial charge in [0.15, 0.2) is 6.61 Å². The predicted octanol–water partition coefficient (Wildman–Crippen LogP) is 0.932. The normalized spacial score (nSPS) is 14.5. The summed E-state index contributed by atoms with van der Waals surface area (Å²) in [6, 6.07) is 4.84. The van der Waals surface area contributed by atoms with E-state index in [4.69, 9.17) is 10.5 Å². The van der Waals surface area contributed by atoms with E-state index in [9.17, 15) is 4.79 Å². The third kappa shape index (κ3) is 1.07. The number of anilines is 1. The molecule has 1 radical (unpaired) electrons. The van der Waals surface area contributed by atoms with Gasteiger partial charge in [0.2, 0.25) is 0 Å². The topological polar surface area (TPSA) is 62.1 Å². The Morgan fingerprint density at radius 1 is 1.50 bits per heavy atom.